The Morgan fingerprint density at radius 3 is 2.51 bits per heavy atom. The van der Waals surface area contributed by atoms with E-state index in [0.717, 1.165) is 23.0 Å². The third-order valence-electron chi connectivity index (χ3n) is 6.93. The Morgan fingerprint density at radius 1 is 1.09 bits per heavy atom. The van der Waals surface area contributed by atoms with Gasteiger partial charge in [0.05, 0.1) is 11.7 Å². The van der Waals surface area contributed by atoms with Gasteiger partial charge in [0.1, 0.15) is 5.56 Å². The summed E-state index contributed by atoms with van der Waals surface area (Å²) < 4.78 is 0.883. The van der Waals surface area contributed by atoms with Crippen molar-refractivity contribution in [3.8, 4) is 5.88 Å². The van der Waals surface area contributed by atoms with Crippen LogP contribution in [0.25, 0.3) is 0 Å². The molecule has 5 rings (SSSR count). The van der Waals surface area contributed by atoms with E-state index in [9.17, 15) is 29.1 Å². The maximum atomic E-state index is 13.1. The number of aromatic amines is 1. The summed E-state index contributed by atoms with van der Waals surface area (Å²) in [6.45, 7) is 1.76. The first-order valence-electron chi connectivity index (χ1n) is 10.9. The van der Waals surface area contributed by atoms with E-state index >= 15 is 0 Å². The van der Waals surface area contributed by atoms with Gasteiger partial charge in [-0.25, -0.2) is 9.59 Å². The molecule has 2 fully saturated rings. The number of benzene rings is 1. The van der Waals surface area contributed by atoms with Gasteiger partial charge in [-0.1, -0.05) is 0 Å². The molecule has 1 spiro atoms. The van der Waals surface area contributed by atoms with Crippen LogP contribution < -0.4 is 26.8 Å². The van der Waals surface area contributed by atoms with E-state index in [2.05, 4.69) is 20.6 Å². The quantitative estimate of drug-likeness (QED) is 0.299. The Morgan fingerprint density at radius 2 is 1.80 bits per heavy atom. The van der Waals surface area contributed by atoms with E-state index in [1.165, 1.54) is 7.05 Å². The second-order valence-corrected chi connectivity index (χ2v) is 8.98. The Hall–Kier alpha value is -4.26. The minimum absolute atomic E-state index is 0.0529. The number of carbonyl (C=O) groups is 3. The van der Waals surface area contributed by atoms with Gasteiger partial charge in [-0.2, -0.15) is 0 Å². The van der Waals surface area contributed by atoms with Crippen LogP contribution in [-0.4, -0.2) is 76.3 Å². The van der Waals surface area contributed by atoms with Crippen LogP contribution in [-0.2, 0) is 23.1 Å². The lowest BCUT2D eigenvalue weighted by Gasteiger charge is -2.53. The molecule has 0 radical (unpaired) electrons. The zero-order valence-electron chi connectivity index (χ0n) is 19.0. The fourth-order valence-electron chi connectivity index (χ4n) is 5.03. The van der Waals surface area contributed by atoms with Gasteiger partial charge in [-0.05, 0) is 37.2 Å². The first-order chi connectivity index (χ1) is 16.6. The number of fused-ring (bicyclic) bond motifs is 4. The van der Waals surface area contributed by atoms with E-state index < -0.39 is 46.4 Å². The molecule has 4 heterocycles. The number of barbiturate groups is 1. The number of nitrogens with zero attached hydrogens (tertiary/aromatic N) is 4. The topological polar surface area (TPSA) is 169 Å². The van der Waals surface area contributed by atoms with Crippen LogP contribution in [0.4, 0.5) is 16.2 Å². The summed E-state index contributed by atoms with van der Waals surface area (Å²) in [5, 5.41) is 14.7. The molecule has 13 heteroatoms. The fourth-order valence-corrected chi connectivity index (χ4v) is 5.03. The number of aromatic nitrogens is 2. The Kier molecular flexibility index (Phi) is 5.09. The van der Waals surface area contributed by atoms with Crippen molar-refractivity contribution in [2.45, 2.75) is 12.5 Å². The largest absolute Gasteiger partial charge is 0.494 e. The van der Waals surface area contributed by atoms with Crippen molar-refractivity contribution in [1.82, 2.24) is 25.1 Å². The average molecular weight is 481 g/mol. The molecule has 2 aromatic rings. The van der Waals surface area contributed by atoms with Crippen LogP contribution >= 0.6 is 0 Å². The van der Waals surface area contributed by atoms with E-state index in [4.69, 9.17) is 0 Å². The van der Waals surface area contributed by atoms with Gasteiger partial charge in [0.2, 0.25) is 17.7 Å². The van der Waals surface area contributed by atoms with Crippen molar-refractivity contribution >= 4 is 35.4 Å². The highest BCUT2D eigenvalue weighted by atomic mass is 16.3. The smallest absolute Gasteiger partial charge is 0.330 e. The number of urea groups is 1. The molecule has 0 saturated carbocycles. The zero-order valence-corrected chi connectivity index (χ0v) is 19.0. The first-order valence-corrected chi connectivity index (χ1v) is 10.9. The second kappa shape index (κ2) is 7.91. The normalized spacial score (nSPS) is 21.6. The lowest BCUT2D eigenvalue weighted by Crippen LogP contribution is -2.74. The number of nitrogens with one attached hydrogen (secondary N) is 3. The second-order valence-electron chi connectivity index (χ2n) is 8.98. The molecule has 13 nitrogen and oxygen atoms in total. The lowest BCUT2D eigenvalue weighted by atomic mass is 9.68. The van der Waals surface area contributed by atoms with Crippen LogP contribution in [0.15, 0.2) is 32.8 Å². The SMILES string of the molecule is CN1CCN2c3ccc(N=Cc4c(O)n(C)c(=O)[nH]c4=O)cc3CC3(C(=O)NC(=O)NC3=O)[C@@H]2C1. The molecule has 182 valence electrons. The van der Waals surface area contributed by atoms with Crippen molar-refractivity contribution in [2.75, 3.05) is 31.6 Å². The van der Waals surface area contributed by atoms with Crippen LogP contribution in [0, 0.1) is 5.41 Å². The number of aliphatic imine (C=N–C) groups is 1. The molecule has 1 atom stereocenters. The van der Waals surface area contributed by atoms with Crippen molar-refractivity contribution in [3.05, 3.63) is 50.2 Å². The zero-order chi connectivity index (χ0) is 25.1. The molecule has 0 unspecified atom stereocenters. The number of amides is 4. The number of imide groups is 2. The number of aromatic hydroxyl groups is 1. The van der Waals surface area contributed by atoms with Crippen LogP contribution in [0.5, 0.6) is 5.88 Å². The Bertz CT molecular complexity index is 1400. The highest BCUT2D eigenvalue weighted by Gasteiger charge is 2.60. The summed E-state index contributed by atoms with van der Waals surface area (Å²) in [4.78, 5) is 72.2. The number of carbonyl (C=O) groups excluding carboxylic acids is 3. The van der Waals surface area contributed by atoms with Gasteiger partial charge in [-0.3, -0.25) is 39.6 Å². The summed E-state index contributed by atoms with van der Waals surface area (Å²) >= 11 is 0. The fraction of sp³-hybridized carbons (Fsp3) is 0.364. The molecule has 4 amide bonds. The summed E-state index contributed by atoms with van der Waals surface area (Å²) in [5.41, 5.74) is -1.30. The third kappa shape index (κ3) is 3.43. The molecule has 2 saturated heterocycles. The number of hydrogen-bond donors (Lipinski definition) is 4. The highest BCUT2D eigenvalue weighted by Crippen LogP contribution is 2.45. The number of anilines is 1. The highest BCUT2D eigenvalue weighted by molar-refractivity contribution is 6.20. The third-order valence-corrected chi connectivity index (χ3v) is 6.93. The average Bonchev–Trinajstić information content (AvgIpc) is 2.80. The van der Waals surface area contributed by atoms with E-state index in [-0.39, 0.29) is 12.0 Å². The van der Waals surface area contributed by atoms with Gasteiger partial charge in [0.15, 0.2) is 5.41 Å². The van der Waals surface area contributed by atoms with Gasteiger partial charge >= 0.3 is 11.7 Å². The van der Waals surface area contributed by atoms with Crippen molar-refractivity contribution < 1.29 is 19.5 Å². The monoisotopic (exact) mass is 481 g/mol. The Labute approximate surface area is 198 Å². The summed E-state index contributed by atoms with van der Waals surface area (Å²) in [5.74, 6) is -1.81. The predicted molar refractivity (Wildman–Crippen MR) is 124 cm³/mol. The van der Waals surface area contributed by atoms with Crippen molar-refractivity contribution in [3.63, 3.8) is 0 Å². The number of likely N-dealkylation sites (N-methyl/N-ethyl adjacent to an activating group) is 1. The summed E-state index contributed by atoms with van der Waals surface area (Å²) in [7, 11) is 3.22. The molecule has 3 aliphatic rings. The lowest BCUT2D eigenvalue weighted by molar-refractivity contribution is -0.147. The minimum atomic E-state index is -1.51. The Balaban J connectivity index is 1.57. The maximum Gasteiger partial charge on any atom is 0.330 e. The van der Waals surface area contributed by atoms with Gasteiger partial charge in [0.25, 0.3) is 5.56 Å². The molecular weight excluding hydrogens is 458 g/mol. The van der Waals surface area contributed by atoms with E-state index in [1.807, 2.05) is 22.9 Å². The molecule has 1 aromatic carbocycles. The number of piperazine rings is 1. The molecule has 35 heavy (non-hydrogen) atoms. The number of rotatable bonds is 2. The number of hydrogen-bond acceptors (Lipinski definition) is 9. The van der Waals surface area contributed by atoms with Gasteiger partial charge in [-0.15, -0.1) is 0 Å². The van der Waals surface area contributed by atoms with E-state index in [0.29, 0.717) is 24.3 Å². The van der Waals surface area contributed by atoms with Crippen molar-refractivity contribution in [1.29, 1.82) is 0 Å². The van der Waals surface area contributed by atoms with Gasteiger partial charge in [0, 0.05) is 38.6 Å². The standard InChI is InChI=1S/C22H23N7O6/c1-27-5-6-29-14-4-3-12(23-9-13-16(30)24-21(35)28(2)17(13)31)7-11(14)8-22(15(29)10-27)18(32)25-20(34)26-19(22)33/h3-4,7,9,15,31H,5-6,8,10H2,1-2H3,(H,24,30,35)(H2,25,26,32,33,34)/t15-/m0/s1. The summed E-state index contributed by atoms with van der Waals surface area (Å²) in [6, 6.07) is 3.94. The van der Waals surface area contributed by atoms with Gasteiger partial charge < -0.3 is 14.9 Å². The summed E-state index contributed by atoms with van der Waals surface area (Å²) in [6.07, 6.45) is 1.20. The molecule has 0 bridgehead atoms. The van der Waals surface area contributed by atoms with E-state index in [1.54, 1.807) is 12.1 Å². The molecule has 3 aliphatic heterocycles. The van der Waals surface area contributed by atoms with Crippen molar-refractivity contribution in [2.24, 2.45) is 17.5 Å². The van der Waals surface area contributed by atoms with Crippen LogP contribution in [0.2, 0.25) is 0 Å². The predicted octanol–water partition coefficient (Wildman–Crippen LogP) is -1.44. The molecule has 0 aliphatic carbocycles. The molecule has 1 aromatic heterocycles. The molecular formula is C22H23N7O6. The van der Waals surface area contributed by atoms with Crippen LogP contribution in [0.3, 0.4) is 0 Å². The molecule has 4 N–H and O–H groups in total. The number of H-pyrrole nitrogens is 1. The minimum Gasteiger partial charge on any atom is -0.494 e. The first kappa shape index (κ1) is 22.5. The maximum absolute atomic E-state index is 13.1. The van der Waals surface area contributed by atoms with Crippen LogP contribution in [0.1, 0.15) is 11.1 Å².